The molecule has 0 aromatic heterocycles. The molecule has 3 heteroatoms. The number of rotatable bonds is 1. The monoisotopic (exact) mass is 396 g/mol. The molecule has 2 aliphatic heterocycles. The van der Waals surface area contributed by atoms with E-state index in [0.29, 0.717) is 6.04 Å². The second-order valence-electron chi connectivity index (χ2n) is 9.49. The quantitative estimate of drug-likeness (QED) is 0.454. The summed E-state index contributed by atoms with van der Waals surface area (Å²) < 4.78 is 7.03. The van der Waals surface area contributed by atoms with Gasteiger partial charge in [-0.25, -0.2) is 0 Å². The Morgan fingerprint density at radius 2 is 1.67 bits per heavy atom. The summed E-state index contributed by atoms with van der Waals surface area (Å²) in [6, 6.07) is 22.0. The SMILES string of the molecule is CC1(C)c2ccccc2N(C2CCCCC2)C12C=Nc1c(ccc3ccccc13)O2. The number of anilines is 1. The predicted molar refractivity (Wildman–Crippen MR) is 124 cm³/mol. The number of fused-ring (bicyclic) bond motifs is 4. The zero-order valence-corrected chi connectivity index (χ0v) is 17.8. The van der Waals surface area contributed by atoms with Crippen LogP contribution in [0.5, 0.6) is 5.75 Å². The molecule has 6 rings (SSSR count). The molecule has 2 heterocycles. The third-order valence-electron chi connectivity index (χ3n) is 7.53. The van der Waals surface area contributed by atoms with Crippen LogP contribution in [-0.2, 0) is 5.41 Å². The molecule has 0 bridgehead atoms. The van der Waals surface area contributed by atoms with Gasteiger partial charge in [0.1, 0.15) is 11.4 Å². The van der Waals surface area contributed by atoms with Gasteiger partial charge in [0.25, 0.3) is 0 Å². The highest BCUT2D eigenvalue weighted by Crippen LogP contribution is 2.56. The van der Waals surface area contributed by atoms with Crippen molar-refractivity contribution in [1.82, 2.24) is 0 Å². The van der Waals surface area contributed by atoms with E-state index in [1.54, 1.807) is 0 Å². The van der Waals surface area contributed by atoms with Crippen LogP contribution >= 0.6 is 0 Å². The van der Waals surface area contributed by atoms with Gasteiger partial charge in [0.2, 0.25) is 5.72 Å². The van der Waals surface area contributed by atoms with Crippen molar-refractivity contribution < 1.29 is 4.74 Å². The van der Waals surface area contributed by atoms with Crippen LogP contribution in [0.25, 0.3) is 10.8 Å². The van der Waals surface area contributed by atoms with Gasteiger partial charge in [-0.05, 0) is 49.8 Å². The Labute approximate surface area is 178 Å². The number of para-hydroxylation sites is 1. The molecular formula is C27H28N2O. The average Bonchev–Trinajstić information content (AvgIpc) is 2.97. The first-order valence-corrected chi connectivity index (χ1v) is 11.3. The van der Waals surface area contributed by atoms with Crippen LogP contribution in [0.15, 0.2) is 65.7 Å². The summed E-state index contributed by atoms with van der Waals surface area (Å²) in [5, 5.41) is 2.35. The highest BCUT2D eigenvalue weighted by Gasteiger charge is 2.61. The average molecular weight is 397 g/mol. The summed E-state index contributed by atoms with van der Waals surface area (Å²) in [6.07, 6.45) is 8.46. The molecule has 0 saturated heterocycles. The Morgan fingerprint density at radius 3 is 2.53 bits per heavy atom. The van der Waals surface area contributed by atoms with E-state index in [1.807, 2.05) is 0 Å². The molecule has 3 aliphatic rings. The number of nitrogens with zero attached hydrogens (tertiary/aromatic N) is 2. The molecule has 1 aliphatic carbocycles. The first-order valence-electron chi connectivity index (χ1n) is 11.3. The summed E-state index contributed by atoms with van der Waals surface area (Å²) in [4.78, 5) is 7.66. The number of aliphatic imine (C=N–C) groups is 1. The van der Waals surface area contributed by atoms with Crippen LogP contribution in [0.3, 0.4) is 0 Å². The van der Waals surface area contributed by atoms with Crippen molar-refractivity contribution in [3.63, 3.8) is 0 Å². The highest BCUT2D eigenvalue weighted by molar-refractivity contribution is 5.99. The molecule has 1 atom stereocenters. The van der Waals surface area contributed by atoms with Crippen molar-refractivity contribution in [1.29, 1.82) is 0 Å². The lowest BCUT2D eigenvalue weighted by Gasteiger charge is -2.50. The van der Waals surface area contributed by atoms with Crippen LogP contribution in [0, 0.1) is 0 Å². The van der Waals surface area contributed by atoms with Crippen molar-refractivity contribution in [2.45, 2.75) is 63.1 Å². The minimum Gasteiger partial charge on any atom is -0.459 e. The largest absolute Gasteiger partial charge is 0.459 e. The van der Waals surface area contributed by atoms with Gasteiger partial charge < -0.3 is 9.64 Å². The Morgan fingerprint density at radius 1 is 0.900 bits per heavy atom. The zero-order valence-electron chi connectivity index (χ0n) is 17.8. The van der Waals surface area contributed by atoms with E-state index in [0.717, 1.165) is 16.8 Å². The smallest absolute Gasteiger partial charge is 0.229 e. The molecular weight excluding hydrogens is 368 g/mol. The number of ether oxygens (including phenoxy) is 1. The minimum atomic E-state index is -0.603. The maximum absolute atomic E-state index is 7.03. The number of hydrogen-bond donors (Lipinski definition) is 0. The summed E-state index contributed by atoms with van der Waals surface area (Å²) in [6.45, 7) is 4.62. The number of hydrogen-bond acceptors (Lipinski definition) is 3. The predicted octanol–water partition coefficient (Wildman–Crippen LogP) is 6.76. The second-order valence-corrected chi connectivity index (χ2v) is 9.49. The summed E-state index contributed by atoms with van der Waals surface area (Å²) in [5.74, 6) is 0.887. The fourth-order valence-corrected chi connectivity index (χ4v) is 5.89. The lowest BCUT2D eigenvalue weighted by atomic mass is 9.77. The molecule has 1 spiro atoms. The zero-order chi connectivity index (χ0) is 20.3. The van der Waals surface area contributed by atoms with E-state index >= 15 is 0 Å². The van der Waals surface area contributed by atoms with Crippen LogP contribution in [-0.4, -0.2) is 18.0 Å². The normalized spacial score (nSPS) is 24.7. The lowest BCUT2D eigenvalue weighted by molar-refractivity contribution is 0.0660. The molecule has 3 aromatic rings. The third kappa shape index (κ3) is 2.29. The van der Waals surface area contributed by atoms with Crippen molar-refractivity contribution in [3.05, 3.63) is 66.2 Å². The topological polar surface area (TPSA) is 24.8 Å². The van der Waals surface area contributed by atoms with Crippen LogP contribution in [0.2, 0.25) is 0 Å². The third-order valence-corrected chi connectivity index (χ3v) is 7.53. The van der Waals surface area contributed by atoms with Crippen LogP contribution in [0.1, 0.15) is 51.5 Å². The Bertz CT molecular complexity index is 1160. The molecule has 0 radical (unpaired) electrons. The van der Waals surface area contributed by atoms with Crippen molar-refractivity contribution >= 4 is 28.4 Å². The molecule has 3 aromatic carbocycles. The van der Waals surface area contributed by atoms with Crippen LogP contribution in [0.4, 0.5) is 11.4 Å². The van der Waals surface area contributed by atoms with Gasteiger partial charge in [0.05, 0.1) is 11.6 Å². The Balaban J connectivity index is 1.55. The van der Waals surface area contributed by atoms with Crippen molar-refractivity contribution in [2.75, 3.05) is 4.90 Å². The minimum absolute atomic E-state index is 0.214. The summed E-state index contributed by atoms with van der Waals surface area (Å²) in [7, 11) is 0. The van der Waals surface area contributed by atoms with Crippen molar-refractivity contribution in [3.8, 4) is 5.75 Å². The van der Waals surface area contributed by atoms with E-state index in [-0.39, 0.29) is 5.41 Å². The van der Waals surface area contributed by atoms with Gasteiger partial charge in [-0.15, -0.1) is 0 Å². The molecule has 30 heavy (non-hydrogen) atoms. The molecule has 1 saturated carbocycles. The fourth-order valence-electron chi connectivity index (χ4n) is 5.89. The molecule has 0 amide bonds. The second kappa shape index (κ2) is 6.34. The summed E-state index contributed by atoms with van der Waals surface area (Å²) in [5.41, 5.74) is 2.80. The molecule has 1 unspecified atom stereocenters. The van der Waals surface area contributed by atoms with Gasteiger partial charge in [0, 0.05) is 17.1 Å². The standard InChI is InChI=1S/C27H28N2O/c1-26(2)22-14-8-9-15-23(22)29(20-11-4-3-5-12-20)27(26)18-28-25-21-13-7-6-10-19(21)16-17-24(25)30-27/h6-10,13-18,20H,3-5,11-12H2,1-2H3. The molecule has 152 valence electrons. The lowest BCUT2D eigenvalue weighted by Crippen LogP contribution is -2.65. The van der Waals surface area contributed by atoms with Gasteiger partial charge in [-0.1, -0.05) is 67.8 Å². The van der Waals surface area contributed by atoms with Gasteiger partial charge >= 0.3 is 0 Å². The highest BCUT2D eigenvalue weighted by atomic mass is 16.5. The summed E-state index contributed by atoms with van der Waals surface area (Å²) >= 11 is 0. The maximum atomic E-state index is 7.03. The van der Waals surface area contributed by atoms with Crippen LogP contribution < -0.4 is 9.64 Å². The molecule has 1 fully saturated rings. The first kappa shape index (κ1) is 18.0. The maximum Gasteiger partial charge on any atom is 0.229 e. The molecule has 3 nitrogen and oxygen atoms in total. The van der Waals surface area contributed by atoms with E-state index in [4.69, 9.17) is 9.73 Å². The van der Waals surface area contributed by atoms with Gasteiger partial charge in [0.15, 0.2) is 0 Å². The van der Waals surface area contributed by atoms with Gasteiger partial charge in [-0.3, -0.25) is 4.99 Å². The van der Waals surface area contributed by atoms with E-state index in [1.165, 1.54) is 48.7 Å². The Hall–Kier alpha value is -2.81. The van der Waals surface area contributed by atoms with E-state index in [2.05, 4.69) is 85.6 Å². The Kier molecular flexibility index (Phi) is 3.80. The van der Waals surface area contributed by atoms with Gasteiger partial charge in [-0.2, -0.15) is 0 Å². The fraction of sp³-hybridized carbons (Fsp3) is 0.370. The van der Waals surface area contributed by atoms with Crippen molar-refractivity contribution in [2.24, 2.45) is 4.99 Å². The number of benzene rings is 3. The first-order chi connectivity index (χ1) is 14.6. The van der Waals surface area contributed by atoms with E-state index in [9.17, 15) is 0 Å². The molecule has 0 N–H and O–H groups in total. The van der Waals surface area contributed by atoms with E-state index < -0.39 is 5.72 Å².